The SMILES string of the molecule is O=C1CC(N(CCc2cccc(Cl)c2)C(=O)c2cccs2)C(=O)N1c1ccccc1. The number of rotatable bonds is 6. The Kier molecular flexibility index (Phi) is 5.97. The first kappa shape index (κ1) is 20.3. The lowest BCUT2D eigenvalue weighted by molar-refractivity contribution is -0.122. The van der Waals surface area contributed by atoms with E-state index in [2.05, 4.69) is 0 Å². The van der Waals surface area contributed by atoms with Crippen molar-refractivity contribution in [3.63, 3.8) is 0 Å². The van der Waals surface area contributed by atoms with Crippen LogP contribution >= 0.6 is 22.9 Å². The van der Waals surface area contributed by atoms with Crippen LogP contribution in [0.1, 0.15) is 21.7 Å². The van der Waals surface area contributed by atoms with Gasteiger partial charge in [-0.1, -0.05) is 48.0 Å². The van der Waals surface area contributed by atoms with E-state index in [-0.39, 0.29) is 24.1 Å². The molecule has 2 heterocycles. The van der Waals surface area contributed by atoms with E-state index in [9.17, 15) is 14.4 Å². The van der Waals surface area contributed by atoms with E-state index in [4.69, 9.17) is 11.6 Å². The monoisotopic (exact) mass is 438 g/mol. The van der Waals surface area contributed by atoms with Gasteiger partial charge in [0, 0.05) is 11.6 Å². The molecule has 0 saturated carbocycles. The molecule has 1 aliphatic heterocycles. The number of imide groups is 1. The van der Waals surface area contributed by atoms with Crippen LogP contribution in [0.3, 0.4) is 0 Å². The van der Waals surface area contributed by atoms with Crippen LogP contribution in [0.25, 0.3) is 0 Å². The van der Waals surface area contributed by atoms with Crippen molar-refractivity contribution in [3.8, 4) is 0 Å². The highest BCUT2D eigenvalue weighted by Crippen LogP contribution is 2.27. The fourth-order valence-corrected chi connectivity index (χ4v) is 4.48. The van der Waals surface area contributed by atoms with Crippen molar-refractivity contribution in [1.29, 1.82) is 0 Å². The highest BCUT2D eigenvalue weighted by Gasteiger charge is 2.44. The molecule has 1 aliphatic rings. The molecule has 152 valence electrons. The summed E-state index contributed by atoms with van der Waals surface area (Å²) < 4.78 is 0. The lowest BCUT2D eigenvalue weighted by Gasteiger charge is -2.27. The number of hydrogen-bond donors (Lipinski definition) is 0. The van der Waals surface area contributed by atoms with Crippen molar-refractivity contribution >= 4 is 46.3 Å². The zero-order chi connectivity index (χ0) is 21.1. The van der Waals surface area contributed by atoms with Crippen molar-refractivity contribution in [1.82, 2.24) is 4.90 Å². The average molecular weight is 439 g/mol. The van der Waals surface area contributed by atoms with Crippen molar-refractivity contribution in [2.24, 2.45) is 0 Å². The van der Waals surface area contributed by atoms with Gasteiger partial charge in [0.25, 0.3) is 11.8 Å². The van der Waals surface area contributed by atoms with Gasteiger partial charge in [-0.2, -0.15) is 0 Å². The lowest BCUT2D eigenvalue weighted by Crippen LogP contribution is -2.46. The Morgan fingerprint density at radius 3 is 2.57 bits per heavy atom. The molecule has 1 aromatic heterocycles. The summed E-state index contributed by atoms with van der Waals surface area (Å²) >= 11 is 7.40. The van der Waals surface area contributed by atoms with E-state index >= 15 is 0 Å². The summed E-state index contributed by atoms with van der Waals surface area (Å²) in [7, 11) is 0. The Bertz CT molecular complexity index is 1070. The molecule has 0 aliphatic carbocycles. The van der Waals surface area contributed by atoms with Crippen LogP contribution in [0.5, 0.6) is 0 Å². The van der Waals surface area contributed by atoms with Crippen LogP contribution < -0.4 is 4.90 Å². The molecule has 30 heavy (non-hydrogen) atoms. The number of nitrogens with zero attached hydrogens (tertiary/aromatic N) is 2. The predicted octanol–water partition coefficient (Wildman–Crippen LogP) is 4.42. The molecular formula is C23H19ClN2O3S. The Labute approximate surface area is 183 Å². The molecule has 1 unspecified atom stereocenters. The van der Waals surface area contributed by atoms with Gasteiger partial charge in [0.05, 0.1) is 17.0 Å². The second kappa shape index (κ2) is 8.81. The van der Waals surface area contributed by atoms with Crippen molar-refractivity contribution in [3.05, 3.63) is 87.6 Å². The molecular weight excluding hydrogens is 420 g/mol. The minimum Gasteiger partial charge on any atom is -0.325 e. The average Bonchev–Trinajstić information content (AvgIpc) is 3.37. The Balaban J connectivity index is 1.61. The van der Waals surface area contributed by atoms with E-state index in [1.54, 1.807) is 42.5 Å². The fourth-order valence-electron chi connectivity index (χ4n) is 3.59. The summed E-state index contributed by atoms with van der Waals surface area (Å²) in [6, 6.07) is 18.9. The van der Waals surface area contributed by atoms with Crippen molar-refractivity contribution in [2.45, 2.75) is 18.9 Å². The second-order valence-corrected chi connectivity index (χ2v) is 8.36. The number of amides is 3. The van der Waals surface area contributed by atoms with Crippen LogP contribution in [-0.4, -0.2) is 35.2 Å². The van der Waals surface area contributed by atoms with Crippen molar-refractivity contribution < 1.29 is 14.4 Å². The molecule has 2 aromatic carbocycles. The molecule has 0 radical (unpaired) electrons. The third kappa shape index (κ3) is 4.15. The van der Waals surface area contributed by atoms with Gasteiger partial charge in [0.15, 0.2) is 0 Å². The number of para-hydroxylation sites is 1. The zero-order valence-corrected chi connectivity index (χ0v) is 17.6. The predicted molar refractivity (Wildman–Crippen MR) is 118 cm³/mol. The van der Waals surface area contributed by atoms with Gasteiger partial charge < -0.3 is 4.90 Å². The van der Waals surface area contributed by atoms with E-state index < -0.39 is 6.04 Å². The number of anilines is 1. The normalized spacial score (nSPS) is 16.2. The van der Waals surface area contributed by atoms with Gasteiger partial charge in [-0.3, -0.25) is 14.4 Å². The third-order valence-electron chi connectivity index (χ3n) is 5.04. The van der Waals surface area contributed by atoms with E-state index in [1.165, 1.54) is 21.1 Å². The molecule has 1 fully saturated rings. The molecule has 0 bridgehead atoms. The summed E-state index contributed by atoms with van der Waals surface area (Å²) in [4.78, 5) is 42.3. The number of carbonyl (C=O) groups is 3. The summed E-state index contributed by atoms with van der Waals surface area (Å²) in [5, 5.41) is 2.44. The minimum atomic E-state index is -0.827. The standard InChI is InChI=1S/C23H19ClN2O3S/c24-17-7-4-6-16(14-17)11-12-25(23(29)20-10-5-13-30-20)19-15-21(27)26(22(19)28)18-8-2-1-3-9-18/h1-10,13-14,19H,11-12,15H2. The second-order valence-electron chi connectivity index (χ2n) is 6.98. The maximum Gasteiger partial charge on any atom is 0.264 e. The first-order valence-electron chi connectivity index (χ1n) is 9.55. The van der Waals surface area contributed by atoms with Crippen LogP contribution in [0, 0.1) is 0 Å². The summed E-state index contributed by atoms with van der Waals surface area (Å²) in [5.74, 6) is -0.918. The highest BCUT2D eigenvalue weighted by atomic mass is 35.5. The van der Waals surface area contributed by atoms with E-state index in [0.717, 1.165) is 5.56 Å². The molecule has 1 atom stereocenters. The summed E-state index contributed by atoms with van der Waals surface area (Å²) in [6.07, 6.45) is 0.501. The smallest absolute Gasteiger partial charge is 0.264 e. The van der Waals surface area contributed by atoms with Crippen LogP contribution in [0.2, 0.25) is 5.02 Å². The van der Waals surface area contributed by atoms with Crippen LogP contribution in [0.15, 0.2) is 72.1 Å². The van der Waals surface area contributed by atoms with Gasteiger partial charge in [-0.15, -0.1) is 11.3 Å². The lowest BCUT2D eigenvalue weighted by atomic mass is 10.1. The number of hydrogen-bond acceptors (Lipinski definition) is 4. The van der Waals surface area contributed by atoms with E-state index in [1.807, 2.05) is 29.6 Å². The van der Waals surface area contributed by atoms with Gasteiger partial charge in [-0.05, 0) is 47.7 Å². The molecule has 3 aromatic rings. The molecule has 7 heteroatoms. The van der Waals surface area contributed by atoms with Crippen LogP contribution in [0.4, 0.5) is 5.69 Å². The molecule has 0 spiro atoms. The quantitative estimate of drug-likeness (QED) is 0.535. The largest absolute Gasteiger partial charge is 0.325 e. The number of thiophene rings is 1. The topological polar surface area (TPSA) is 57.7 Å². The maximum atomic E-state index is 13.2. The molecule has 1 saturated heterocycles. The zero-order valence-electron chi connectivity index (χ0n) is 16.0. The Morgan fingerprint density at radius 1 is 1.07 bits per heavy atom. The molecule has 0 N–H and O–H groups in total. The number of benzene rings is 2. The van der Waals surface area contributed by atoms with Gasteiger partial charge in [-0.25, -0.2) is 4.90 Å². The minimum absolute atomic E-state index is 0.0274. The van der Waals surface area contributed by atoms with Gasteiger partial charge >= 0.3 is 0 Å². The first-order chi connectivity index (χ1) is 14.5. The molecule has 3 amide bonds. The van der Waals surface area contributed by atoms with E-state index in [0.29, 0.717) is 28.6 Å². The molecule has 5 nitrogen and oxygen atoms in total. The fraction of sp³-hybridized carbons (Fsp3) is 0.174. The maximum absolute atomic E-state index is 13.2. The Morgan fingerprint density at radius 2 is 1.87 bits per heavy atom. The van der Waals surface area contributed by atoms with Crippen LogP contribution in [-0.2, 0) is 16.0 Å². The highest BCUT2D eigenvalue weighted by molar-refractivity contribution is 7.12. The van der Waals surface area contributed by atoms with Crippen molar-refractivity contribution in [2.75, 3.05) is 11.4 Å². The first-order valence-corrected chi connectivity index (χ1v) is 10.8. The summed E-state index contributed by atoms with van der Waals surface area (Å²) in [5.41, 5.74) is 1.48. The Hall–Kier alpha value is -2.96. The number of carbonyl (C=O) groups excluding carboxylic acids is 3. The number of halogens is 1. The van der Waals surface area contributed by atoms with Gasteiger partial charge in [0.1, 0.15) is 6.04 Å². The molecule has 4 rings (SSSR count). The van der Waals surface area contributed by atoms with Gasteiger partial charge in [0.2, 0.25) is 5.91 Å². The third-order valence-corrected chi connectivity index (χ3v) is 6.13. The summed E-state index contributed by atoms with van der Waals surface area (Å²) in [6.45, 7) is 0.309.